The van der Waals surface area contributed by atoms with E-state index in [9.17, 15) is 19.2 Å². The molecule has 1 aliphatic rings. The van der Waals surface area contributed by atoms with Crippen molar-refractivity contribution in [3.8, 4) is 0 Å². The predicted octanol–water partition coefficient (Wildman–Crippen LogP) is 3.07. The van der Waals surface area contributed by atoms with Gasteiger partial charge in [-0.3, -0.25) is 19.2 Å². The summed E-state index contributed by atoms with van der Waals surface area (Å²) in [5.41, 5.74) is 2.51. The fourth-order valence-corrected chi connectivity index (χ4v) is 3.16. The van der Waals surface area contributed by atoms with Gasteiger partial charge in [-0.25, -0.2) is 0 Å². The van der Waals surface area contributed by atoms with Crippen LogP contribution in [0.5, 0.6) is 0 Å². The van der Waals surface area contributed by atoms with E-state index >= 15 is 0 Å². The third-order valence-corrected chi connectivity index (χ3v) is 4.53. The quantitative estimate of drug-likeness (QED) is 0.570. The molecule has 3 amide bonds. The zero-order valence-corrected chi connectivity index (χ0v) is 17.1. The van der Waals surface area contributed by atoms with Crippen molar-refractivity contribution in [2.45, 2.75) is 33.4 Å². The second-order valence-electron chi connectivity index (χ2n) is 7.27. The molecule has 3 rings (SSSR count). The molecule has 0 saturated carbocycles. The summed E-state index contributed by atoms with van der Waals surface area (Å²) in [6.07, 6.45) is 2.98. The van der Waals surface area contributed by atoms with Crippen molar-refractivity contribution >= 4 is 34.9 Å². The van der Waals surface area contributed by atoms with Crippen molar-refractivity contribution in [3.63, 3.8) is 0 Å². The topological polar surface area (TPSA) is 95.6 Å². The number of carbonyl (C=O) groups is 4. The fraction of sp³-hybridized carbons (Fsp3) is 0.217. The molecule has 0 atom stereocenters. The first-order chi connectivity index (χ1) is 14.3. The minimum atomic E-state index is -0.622. The molecule has 1 heterocycles. The Kier molecular flexibility index (Phi) is 6.11. The molecule has 0 radical (unpaired) electrons. The lowest BCUT2D eigenvalue weighted by Crippen LogP contribution is -2.30. The first-order valence-corrected chi connectivity index (χ1v) is 9.64. The van der Waals surface area contributed by atoms with E-state index in [4.69, 9.17) is 0 Å². The van der Waals surface area contributed by atoms with E-state index in [0.717, 1.165) is 5.56 Å². The number of benzene rings is 2. The van der Waals surface area contributed by atoms with Crippen molar-refractivity contribution in [1.82, 2.24) is 5.32 Å². The Balaban J connectivity index is 1.78. The number of carbonyl (C=O) groups excluding carboxylic acids is 4. The van der Waals surface area contributed by atoms with Gasteiger partial charge in [0.15, 0.2) is 0 Å². The van der Waals surface area contributed by atoms with Gasteiger partial charge in [-0.15, -0.1) is 0 Å². The van der Waals surface area contributed by atoms with E-state index in [1.165, 1.54) is 17.0 Å². The summed E-state index contributed by atoms with van der Waals surface area (Å²) in [6, 6.07) is 11.7. The molecular formula is C23H23N3O4. The highest BCUT2D eigenvalue weighted by atomic mass is 16.2. The Morgan fingerprint density at radius 1 is 1.07 bits per heavy atom. The Morgan fingerprint density at radius 3 is 2.40 bits per heavy atom. The van der Waals surface area contributed by atoms with E-state index in [2.05, 4.69) is 10.6 Å². The lowest BCUT2D eigenvalue weighted by Gasteiger charge is -2.17. The van der Waals surface area contributed by atoms with E-state index in [0.29, 0.717) is 16.9 Å². The number of nitrogens with one attached hydrogen (secondary N) is 2. The number of amides is 3. The lowest BCUT2D eigenvalue weighted by molar-refractivity contribution is -0.114. The largest absolute Gasteiger partial charge is 0.350 e. The molecule has 154 valence electrons. The third kappa shape index (κ3) is 4.46. The van der Waals surface area contributed by atoms with Crippen LogP contribution in [-0.2, 0) is 16.1 Å². The van der Waals surface area contributed by atoms with E-state index in [1.807, 2.05) is 13.8 Å². The average Bonchev–Trinajstić information content (AvgIpc) is 2.93. The van der Waals surface area contributed by atoms with Crippen LogP contribution in [0.3, 0.4) is 0 Å². The fourth-order valence-electron chi connectivity index (χ4n) is 3.16. The van der Waals surface area contributed by atoms with Crippen molar-refractivity contribution in [1.29, 1.82) is 0 Å². The number of ketones is 1. The highest BCUT2D eigenvalue weighted by molar-refractivity contribution is 6.52. The summed E-state index contributed by atoms with van der Waals surface area (Å²) in [7, 11) is 0. The van der Waals surface area contributed by atoms with Crippen LogP contribution in [0, 0.1) is 0 Å². The summed E-state index contributed by atoms with van der Waals surface area (Å²) in [4.78, 5) is 50.1. The standard InChI is InChI=1S/C23H23N3O4/c1-4-5-20(27)25-17-10-11-19-18(12-17)21(28)23(30)26(19)13-15-6-8-16(9-7-15)22(29)24-14(2)3/h4-12,14H,13H2,1-3H3,(H,24,29)(H,25,27)/b5-4+. The highest BCUT2D eigenvalue weighted by Gasteiger charge is 2.36. The van der Waals surface area contributed by atoms with Gasteiger partial charge in [0, 0.05) is 17.3 Å². The zero-order chi connectivity index (χ0) is 21.8. The van der Waals surface area contributed by atoms with Gasteiger partial charge in [0.25, 0.3) is 17.6 Å². The third-order valence-electron chi connectivity index (χ3n) is 4.53. The Hall–Kier alpha value is -3.74. The van der Waals surface area contributed by atoms with Gasteiger partial charge >= 0.3 is 0 Å². The smallest absolute Gasteiger partial charge is 0.299 e. The maximum absolute atomic E-state index is 12.5. The average molecular weight is 405 g/mol. The second-order valence-corrected chi connectivity index (χ2v) is 7.27. The van der Waals surface area contributed by atoms with E-state index in [1.54, 1.807) is 49.4 Å². The molecule has 7 nitrogen and oxygen atoms in total. The van der Waals surface area contributed by atoms with Gasteiger partial charge in [0.1, 0.15) is 0 Å². The molecule has 30 heavy (non-hydrogen) atoms. The van der Waals surface area contributed by atoms with Gasteiger partial charge in [0.2, 0.25) is 5.91 Å². The van der Waals surface area contributed by atoms with Crippen LogP contribution < -0.4 is 15.5 Å². The van der Waals surface area contributed by atoms with Crippen LogP contribution in [0.1, 0.15) is 47.1 Å². The van der Waals surface area contributed by atoms with Crippen LogP contribution in [-0.4, -0.2) is 29.5 Å². The number of allylic oxidation sites excluding steroid dienone is 1. The SMILES string of the molecule is C/C=C/C(=O)Nc1ccc2c(c1)C(=O)C(=O)N2Cc1ccc(C(=O)NC(C)C)cc1. The maximum Gasteiger partial charge on any atom is 0.299 e. The Morgan fingerprint density at radius 2 is 1.77 bits per heavy atom. The van der Waals surface area contributed by atoms with Crippen molar-refractivity contribution < 1.29 is 19.2 Å². The summed E-state index contributed by atoms with van der Waals surface area (Å²) in [6.45, 7) is 5.70. The monoisotopic (exact) mass is 405 g/mol. The van der Waals surface area contributed by atoms with Crippen LogP contribution in [0.25, 0.3) is 0 Å². The van der Waals surface area contributed by atoms with Gasteiger partial charge in [-0.1, -0.05) is 18.2 Å². The second kappa shape index (κ2) is 8.73. The van der Waals surface area contributed by atoms with Crippen LogP contribution in [0.4, 0.5) is 11.4 Å². The number of fused-ring (bicyclic) bond motifs is 1. The molecule has 1 aliphatic heterocycles. The summed E-state index contributed by atoms with van der Waals surface area (Å²) >= 11 is 0. The minimum absolute atomic E-state index is 0.0366. The molecule has 0 bridgehead atoms. The molecule has 2 aromatic carbocycles. The minimum Gasteiger partial charge on any atom is -0.350 e. The molecular weight excluding hydrogens is 382 g/mol. The summed E-state index contributed by atoms with van der Waals surface area (Å²) in [5.74, 6) is -1.71. The Labute approximate surface area is 174 Å². The van der Waals surface area contributed by atoms with Crippen molar-refractivity contribution in [3.05, 3.63) is 71.3 Å². The number of hydrogen-bond donors (Lipinski definition) is 2. The van der Waals surface area contributed by atoms with Crippen molar-refractivity contribution in [2.75, 3.05) is 10.2 Å². The molecule has 0 aromatic heterocycles. The summed E-state index contributed by atoms with van der Waals surface area (Å²) in [5, 5.41) is 5.48. The first-order valence-electron chi connectivity index (χ1n) is 9.64. The zero-order valence-electron chi connectivity index (χ0n) is 17.1. The predicted molar refractivity (Wildman–Crippen MR) is 114 cm³/mol. The van der Waals surface area contributed by atoms with Crippen LogP contribution >= 0.6 is 0 Å². The first kappa shape index (κ1) is 21.0. The van der Waals surface area contributed by atoms with Crippen LogP contribution in [0.15, 0.2) is 54.6 Å². The molecule has 0 saturated heterocycles. The highest BCUT2D eigenvalue weighted by Crippen LogP contribution is 2.32. The number of nitrogens with zero attached hydrogens (tertiary/aromatic N) is 1. The van der Waals surface area contributed by atoms with Gasteiger partial charge in [-0.2, -0.15) is 0 Å². The molecule has 0 aliphatic carbocycles. The van der Waals surface area contributed by atoms with E-state index < -0.39 is 11.7 Å². The molecule has 2 aromatic rings. The van der Waals surface area contributed by atoms with Gasteiger partial charge in [-0.05, 0) is 62.7 Å². The normalized spacial score (nSPS) is 13.1. The maximum atomic E-state index is 12.5. The summed E-state index contributed by atoms with van der Waals surface area (Å²) < 4.78 is 0. The molecule has 0 spiro atoms. The van der Waals surface area contributed by atoms with Gasteiger partial charge in [0.05, 0.1) is 17.8 Å². The van der Waals surface area contributed by atoms with Crippen molar-refractivity contribution in [2.24, 2.45) is 0 Å². The number of Topliss-reactive ketones (excluding diaryl/α,β-unsaturated/α-hetero) is 1. The number of anilines is 2. The molecule has 0 fully saturated rings. The van der Waals surface area contributed by atoms with Gasteiger partial charge < -0.3 is 15.5 Å². The number of hydrogen-bond acceptors (Lipinski definition) is 4. The number of rotatable bonds is 6. The molecule has 7 heteroatoms. The molecule has 2 N–H and O–H groups in total. The molecule has 0 unspecified atom stereocenters. The Bertz CT molecular complexity index is 1040. The van der Waals surface area contributed by atoms with Crippen LogP contribution in [0.2, 0.25) is 0 Å². The lowest BCUT2D eigenvalue weighted by atomic mass is 10.1. The van der Waals surface area contributed by atoms with E-state index in [-0.39, 0.29) is 30.0 Å².